The van der Waals surface area contributed by atoms with Crippen LogP contribution in [0.5, 0.6) is 0 Å². The number of hydrogen-bond acceptors (Lipinski definition) is 4. The minimum Gasteiger partial charge on any atom is -0.453 e. The molecule has 0 spiro atoms. The molecule has 0 saturated carbocycles. The number of nitriles is 1. The van der Waals surface area contributed by atoms with E-state index in [-0.39, 0.29) is 5.76 Å². The lowest BCUT2D eigenvalue weighted by molar-refractivity contribution is 0.0421. The van der Waals surface area contributed by atoms with E-state index in [1.165, 1.54) is 6.26 Å². The lowest BCUT2D eigenvalue weighted by atomic mass is 9.91. The van der Waals surface area contributed by atoms with Gasteiger partial charge in [-0.2, -0.15) is 5.26 Å². The molecule has 1 aliphatic heterocycles. The number of nitrogens with one attached hydrogen (secondary N) is 1. The van der Waals surface area contributed by atoms with Crippen LogP contribution in [-0.4, -0.2) is 6.09 Å². The molecule has 2 heterocycles. The molecule has 3 rings (SSSR count). The zero-order valence-electron chi connectivity index (χ0n) is 11.1. The predicted molar refractivity (Wildman–Crippen MR) is 72.0 cm³/mol. The Bertz CT molecular complexity index is 738. The molecule has 1 aromatic carbocycles. The van der Waals surface area contributed by atoms with Gasteiger partial charge in [0.15, 0.2) is 0 Å². The van der Waals surface area contributed by atoms with Crippen molar-refractivity contribution in [2.75, 3.05) is 5.32 Å². The Kier molecular flexibility index (Phi) is 2.54. The Morgan fingerprint density at radius 1 is 1.30 bits per heavy atom. The van der Waals surface area contributed by atoms with E-state index in [0.717, 1.165) is 22.4 Å². The van der Waals surface area contributed by atoms with Gasteiger partial charge in [0.2, 0.25) is 5.76 Å². The molecule has 0 unspecified atom stereocenters. The van der Waals surface area contributed by atoms with Crippen LogP contribution in [0, 0.1) is 11.3 Å². The molecule has 1 amide bonds. The van der Waals surface area contributed by atoms with E-state index in [2.05, 4.69) is 5.32 Å². The summed E-state index contributed by atoms with van der Waals surface area (Å²) >= 11 is 0. The summed E-state index contributed by atoms with van der Waals surface area (Å²) < 4.78 is 10.4. The topological polar surface area (TPSA) is 75.3 Å². The third-order valence-electron chi connectivity index (χ3n) is 3.33. The molecule has 1 aliphatic rings. The van der Waals surface area contributed by atoms with Crippen LogP contribution < -0.4 is 5.32 Å². The first-order valence-electron chi connectivity index (χ1n) is 6.14. The van der Waals surface area contributed by atoms with Gasteiger partial charge in [0.25, 0.3) is 0 Å². The maximum absolute atomic E-state index is 11.5. The molecule has 1 N–H and O–H groups in total. The molecule has 0 radical (unpaired) electrons. The predicted octanol–water partition coefficient (Wildman–Crippen LogP) is 3.62. The Hall–Kier alpha value is -2.74. The van der Waals surface area contributed by atoms with Gasteiger partial charge in [0.1, 0.15) is 11.7 Å². The van der Waals surface area contributed by atoms with E-state index in [0.29, 0.717) is 0 Å². The summed E-state index contributed by atoms with van der Waals surface area (Å²) in [6.45, 7) is 3.66. The number of furan rings is 1. The average Bonchev–Trinajstić information content (AvgIpc) is 2.85. The van der Waals surface area contributed by atoms with Gasteiger partial charge in [0, 0.05) is 11.1 Å². The standard InChI is InChI=1S/C15H12N2O3/c1-15(2)11-7-9(10-5-6-19-13(10)8-16)3-4-12(11)17-14(18)20-15/h3-7H,1-2H3,(H,17,18). The van der Waals surface area contributed by atoms with Crippen LogP contribution >= 0.6 is 0 Å². The Morgan fingerprint density at radius 3 is 2.85 bits per heavy atom. The molecular formula is C15H12N2O3. The second-order valence-corrected chi connectivity index (χ2v) is 5.06. The zero-order valence-corrected chi connectivity index (χ0v) is 11.1. The van der Waals surface area contributed by atoms with Crippen molar-refractivity contribution in [1.82, 2.24) is 0 Å². The molecule has 20 heavy (non-hydrogen) atoms. The molecule has 0 bridgehead atoms. The number of rotatable bonds is 1. The van der Waals surface area contributed by atoms with Crippen LogP contribution in [0.2, 0.25) is 0 Å². The van der Waals surface area contributed by atoms with Crippen molar-refractivity contribution < 1.29 is 13.9 Å². The Morgan fingerprint density at radius 2 is 2.10 bits per heavy atom. The largest absolute Gasteiger partial charge is 0.453 e. The third kappa shape index (κ3) is 1.82. The number of fused-ring (bicyclic) bond motifs is 1. The molecule has 0 fully saturated rings. The fraction of sp³-hybridized carbons (Fsp3) is 0.200. The van der Waals surface area contributed by atoms with E-state index in [4.69, 9.17) is 14.4 Å². The smallest absolute Gasteiger partial charge is 0.412 e. The molecule has 0 aliphatic carbocycles. The molecule has 100 valence electrons. The summed E-state index contributed by atoms with van der Waals surface area (Å²) in [6, 6.07) is 9.31. The van der Waals surface area contributed by atoms with Gasteiger partial charge in [-0.3, -0.25) is 5.32 Å². The van der Waals surface area contributed by atoms with Gasteiger partial charge < -0.3 is 9.15 Å². The second kappa shape index (κ2) is 4.14. The number of carbonyl (C=O) groups excluding carboxylic acids is 1. The summed E-state index contributed by atoms with van der Waals surface area (Å²) in [5.74, 6) is 0.267. The number of hydrogen-bond donors (Lipinski definition) is 1. The van der Waals surface area contributed by atoms with Gasteiger partial charge in [-0.25, -0.2) is 4.79 Å². The summed E-state index contributed by atoms with van der Waals surface area (Å²) in [6.07, 6.45) is 1.02. The van der Waals surface area contributed by atoms with Crippen LogP contribution in [0.3, 0.4) is 0 Å². The first kappa shape index (κ1) is 12.3. The average molecular weight is 268 g/mol. The number of amides is 1. The zero-order chi connectivity index (χ0) is 14.3. The summed E-state index contributed by atoms with van der Waals surface area (Å²) in [4.78, 5) is 11.5. The van der Waals surface area contributed by atoms with Gasteiger partial charge in [-0.15, -0.1) is 0 Å². The quantitative estimate of drug-likeness (QED) is 0.857. The van der Waals surface area contributed by atoms with Crippen molar-refractivity contribution in [3.05, 3.63) is 41.9 Å². The van der Waals surface area contributed by atoms with E-state index in [1.807, 2.05) is 32.0 Å². The monoisotopic (exact) mass is 268 g/mol. The summed E-state index contributed by atoms with van der Waals surface area (Å²) in [5.41, 5.74) is 2.44. The number of anilines is 1. The molecule has 1 aromatic heterocycles. The maximum atomic E-state index is 11.5. The Labute approximate surface area is 115 Å². The minimum atomic E-state index is -0.718. The highest BCUT2D eigenvalue weighted by molar-refractivity contribution is 5.89. The van der Waals surface area contributed by atoms with E-state index in [1.54, 1.807) is 12.1 Å². The summed E-state index contributed by atoms with van der Waals surface area (Å²) in [7, 11) is 0. The maximum Gasteiger partial charge on any atom is 0.412 e. The summed E-state index contributed by atoms with van der Waals surface area (Å²) in [5, 5.41) is 11.7. The molecule has 5 heteroatoms. The molecule has 0 saturated heterocycles. The van der Waals surface area contributed by atoms with Gasteiger partial charge in [0.05, 0.1) is 12.0 Å². The highest BCUT2D eigenvalue weighted by atomic mass is 16.6. The van der Waals surface area contributed by atoms with Crippen molar-refractivity contribution in [3.8, 4) is 17.2 Å². The normalized spacial score (nSPS) is 15.8. The Balaban J connectivity index is 2.15. The van der Waals surface area contributed by atoms with Crippen LogP contribution in [0.4, 0.5) is 10.5 Å². The van der Waals surface area contributed by atoms with Crippen LogP contribution in [0.15, 0.2) is 34.9 Å². The van der Waals surface area contributed by atoms with E-state index >= 15 is 0 Å². The molecular weight excluding hydrogens is 256 g/mol. The highest BCUT2D eigenvalue weighted by Gasteiger charge is 2.33. The number of benzene rings is 1. The first-order valence-corrected chi connectivity index (χ1v) is 6.14. The fourth-order valence-electron chi connectivity index (χ4n) is 2.36. The number of cyclic esters (lactones) is 1. The first-order chi connectivity index (χ1) is 9.51. The van der Waals surface area contributed by atoms with E-state index in [9.17, 15) is 4.79 Å². The van der Waals surface area contributed by atoms with Crippen molar-refractivity contribution in [3.63, 3.8) is 0 Å². The SMILES string of the molecule is CC1(C)OC(=O)Nc2ccc(-c3ccoc3C#N)cc21. The number of nitrogens with zero attached hydrogens (tertiary/aromatic N) is 1. The number of carbonyl (C=O) groups is 1. The van der Waals surface area contributed by atoms with Crippen LogP contribution in [0.25, 0.3) is 11.1 Å². The van der Waals surface area contributed by atoms with Crippen LogP contribution in [0.1, 0.15) is 25.2 Å². The number of ether oxygens (including phenoxy) is 1. The van der Waals surface area contributed by atoms with Crippen molar-refractivity contribution in [1.29, 1.82) is 5.26 Å². The van der Waals surface area contributed by atoms with Crippen molar-refractivity contribution in [2.24, 2.45) is 0 Å². The molecule has 0 atom stereocenters. The van der Waals surface area contributed by atoms with Crippen molar-refractivity contribution >= 4 is 11.8 Å². The van der Waals surface area contributed by atoms with Crippen LogP contribution in [-0.2, 0) is 10.3 Å². The van der Waals surface area contributed by atoms with E-state index < -0.39 is 11.7 Å². The van der Waals surface area contributed by atoms with Gasteiger partial charge in [-0.1, -0.05) is 6.07 Å². The minimum absolute atomic E-state index is 0.267. The second-order valence-electron chi connectivity index (χ2n) is 5.06. The molecule has 5 nitrogen and oxygen atoms in total. The van der Waals surface area contributed by atoms with Gasteiger partial charge >= 0.3 is 6.09 Å². The lowest BCUT2D eigenvalue weighted by Crippen LogP contribution is -2.34. The molecule has 2 aromatic rings. The third-order valence-corrected chi connectivity index (χ3v) is 3.33. The fourth-order valence-corrected chi connectivity index (χ4v) is 2.36. The van der Waals surface area contributed by atoms with Crippen molar-refractivity contribution in [2.45, 2.75) is 19.4 Å². The highest BCUT2D eigenvalue weighted by Crippen LogP contribution is 2.38. The lowest BCUT2D eigenvalue weighted by Gasteiger charge is -2.32. The van der Waals surface area contributed by atoms with Gasteiger partial charge in [-0.05, 0) is 37.6 Å².